The Morgan fingerprint density at radius 3 is 2.86 bits per heavy atom. The van der Waals surface area contributed by atoms with Crippen molar-refractivity contribution in [1.82, 2.24) is 9.97 Å². The lowest BCUT2D eigenvalue weighted by atomic mass is 10.2. The second kappa shape index (κ2) is 5.88. The number of anilines is 1. The fourth-order valence-electron chi connectivity index (χ4n) is 2.35. The molecular formula is C15H16N4O2. The molecule has 0 aliphatic carbocycles. The third kappa shape index (κ3) is 2.85. The number of rotatable bonds is 3. The van der Waals surface area contributed by atoms with Crippen molar-refractivity contribution in [3.8, 4) is 11.4 Å². The summed E-state index contributed by atoms with van der Waals surface area (Å²) in [6.45, 7) is 1.42. The number of carbonyl (C=O) groups excluding carboxylic acids is 1. The molecule has 6 heteroatoms. The minimum atomic E-state index is -0.489. The Labute approximate surface area is 122 Å². The van der Waals surface area contributed by atoms with Gasteiger partial charge in [0.15, 0.2) is 5.82 Å². The van der Waals surface area contributed by atoms with E-state index in [2.05, 4.69) is 9.97 Å². The van der Waals surface area contributed by atoms with Crippen LogP contribution in [0.2, 0.25) is 0 Å². The van der Waals surface area contributed by atoms with Crippen molar-refractivity contribution in [2.45, 2.75) is 6.04 Å². The number of hydrogen-bond donors (Lipinski definition) is 1. The third-order valence-electron chi connectivity index (χ3n) is 3.42. The summed E-state index contributed by atoms with van der Waals surface area (Å²) in [5, 5.41) is 0. The van der Waals surface area contributed by atoms with Gasteiger partial charge in [0.25, 0.3) is 0 Å². The fraction of sp³-hybridized carbons (Fsp3) is 0.267. The van der Waals surface area contributed by atoms with Crippen LogP contribution in [0.1, 0.15) is 0 Å². The van der Waals surface area contributed by atoms with Crippen molar-refractivity contribution < 1.29 is 9.53 Å². The van der Waals surface area contributed by atoms with Crippen LogP contribution < -0.4 is 10.6 Å². The summed E-state index contributed by atoms with van der Waals surface area (Å²) in [6.07, 6.45) is 1.69. The van der Waals surface area contributed by atoms with Crippen molar-refractivity contribution >= 4 is 11.7 Å². The minimum absolute atomic E-state index is 0.292. The maximum absolute atomic E-state index is 11.6. The van der Waals surface area contributed by atoms with Gasteiger partial charge in [-0.15, -0.1) is 0 Å². The first-order valence-corrected chi connectivity index (χ1v) is 6.78. The van der Waals surface area contributed by atoms with Crippen LogP contribution in [0, 0.1) is 0 Å². The Kier molecular flexibility index (Phi) is 3.79. The third-order valence-corrected chi connectivity index (χ3v) is 3.42. The van der Waals surface area contributed by atoms with E-state index >= 15 is 0 Å². The van der Waals surface area contributed by atoms with Gasteiger partial charge < -0.3 is 15.4 Å². The molecule has 0 bridgehead atoms. The Morgan fingerprint density at radius 1 is 1.29 bits per heavy atom. The predicted molar refractivity (Wildman–Crippen MR) is 78.6 cm³/mol. The van der Waals surface area contributed by atoms with E-state index in [9.17, 15) is 4.79 Å². The van der Waals surface area contributed by atoms with Gasteiger partial charge in [0.05, 0.1) is 13.2 Å². The molecule has 21 heavy (non-hydrogen) atoms. The first-order chi connectivity index (χ1) is 10.3. The quantitative estimate of drug-likeness (QED) is 0.903. The molecule has 1 aliphatic rings. The van der Waals surface area contributed by atoms with E-state index in [0.717, 1.165) is 5.56 Å². The van der Waals surface area contributed by atoms with E-state index < -0.39 is 11.9 Å². The molecule has 1 amide bonds. The lowest BCUT2D eigenvalue weighted by Crippen LogP contribution is -2.53. The average Bonchev–Trinajstić information content (AvgIpc) is 2.56. The van der Waals surface area contributed by atoms with Crippen LogP contribution in [0.15, 0.2) is 42.6 Å². The SMILES string of the molecule is NC(=O)C1COCCN1c1ccnc(-c2ccccc2)n1. The topological polar surface area (TPSA) is 81.3 Å². The number of ether oxygens (including phenoxy) is 1. The predicted octanol–water partition coefficient (Wildman–Crippen LogP) is 0.834. The minimum Gasteiger partial charge on any atom is -0.377 e. The van der Waals surface area contributed by atoms with E-state index in [0.29, 0.717) is 31.4 Å². The molecule has 1 aliphatic heterocycles. The molecule has 1 aromatic heterocycles. The number of benzene rings is 1. The van der Waals surface area contributed by atoms with Crippen molar-refractivity contribution in [2.24, 2.45) is 5.73 Å². The highest BCUT2D eigenvalue weighted by molar-refractivity contribution is 5.83. The van der Waals surface area contributed by atoms with Crippen LogP contribution in [0.5, 0.6) is 0 Å². The van der Waals surface area contributed by atoms with E-state index in [1.54, 1.807) is 12.3 Å². The smallest absolute Gasteiger partial charge is 0.242 e. The van der Waals surface area contributed by atoms with Gasteiger partial charge in [-0.1, -0.05) is 30.3 Å². The molecule has 1 aromatic carbocycles. The second-order valence-corrected chi connectivity index (χ2v) is 4.79. The van der Waals surface area contributed by atoms with Crippen molar-refractivity contribution in [2.75, 3.05) is 24.7 Å². The van der Waals surface area contributed by atoms with Crippen LogP contribution in [0.3, 0.4) is 0 Å². The Balaban J connectivity index is 1.93. The summed E-state index contributed by atoms with van der Waals surface area (Å²) in [4.78, 5) is 22.3. The van der Waals surface area contributed by atoms with Gasteiger partial charge in [0.1, 0.15) is 11.9 Å². The van der Waals surface area contributed by atoms with Gasteiger partial charge in [-0.2, -0.15) is 0 Å². The maximum Gasteiger partial charge on any atom is 0.242 e. The first-order valence-electron chi connectivity index (χ1n) is 6.78. The normalized spacial score (nSPS) is 18.5. The molecule has 108 valence electrons. The summed E-state index contributed by atoms with van der Waals surface area (Å²) < 4.78 is 5.32. The van der Waals surface area contributed by atoms with Crippen LogP contribution in [-0.2, 0) is 9.53 Å². The molecule has 0 saturated carbocycles. The molecule has 1 unspecified atom stereocenters. The number of carbonyl (C=O) groups is 1. The summed E-state index contributed by atoms with van der Waals surface area (Å²) in [6, 6.07) is 11.0. The van der Waals surface area contributed by atoms with Crippen molar-refractivity contribution in [3.05, 3.63) is 42.6 Å². The highest BCUT2D eigenvalue weighted by Crippen LogP contribution is 2.21. The average molecular weight is 284 g/mol. The van der Waals surface area contributed by atoms with Gasteiger partial charge in [0.2, 0.25) is 5.91 Å². The Bertz CT molecular complexity index is 633. The lowest BCUT2D eigenvalue weighted by Gasteiger charge is -2.34. The molecule has 1 fully saturated rings. The van der Waals surface area contributed by atoms with Crippen LogP contribution >= 0.6 is 0 Å². The largest absolute Gasteiger partial charge is 0.377 e. The highest BCUT2D eigenvalue weighted by Gasteiger charge is 2.28. The zero-order valence-corrected chi connectivity index (χ0v) is 11.5. The number of nitrogens with zero attached hydrogens (tertiary/aromatic N) is 3. The summed E-state index contributed by atoms with van der Waals surface area (Å²) in [5.74, 6) is 0.910. The lowest BCUT2D eigenvalue weighted by molar-refractivity contribution is -0.121. The molecule has 0 spiro atoms. The molecule has 2 N–H and O–H groups in total. The summed E-state index contributed by atoms with van der Waals surface area (Å²) >= 11 is 0. The molecular weight excluding hydrogens is 268 g/mol. The number of hydrogen-bond acceptors (Lipinski definition) is 5. The number of amides is 1. The number of nitrogens with two attached hydrogens (primary N) is 1. The molecule has 1 atom stereocenters. The van der Waals surface area contributed by atoms with Gasteiger partial charge in [-0.25, -0.2) is 9.97 Å². The van der Waals surface area contributed by atoms with Gasteiger partial charge in [-0.05, 0) is 6.07 Å². The monoisotopic (exact) mass is 284 g/mol. The first kappa shape index (κ1) is 13.5. The summed E-state index contributed by atoms with van der Waals surface area (Å²) in [5.41, 5.74) is 6.37. The van der Waals surface area contributed by atoms with Crippen LogP contribution in [0.25, 0.3) is 11.4 Å². The fourth-order valence-corrected chi connectivity index (χ4v) is 2.35. The molecule has 2 heterocycles. The van der Waals surface area contributed by atoms with Crippen molar-refractivity contribution in [3.63, 3.8) is 0 Å². The number of primary amides is 1. The Morgan fingerprint density at radius 2 is 2.10 bits per heavy atom. The molecule has 6 nitrogen and oxygen atoms in total. The zero-order chi connectivity index (χ0) is 14.7. The molecule has 1 saturated heterocycles. The second-order valence-electron chi connectivity index (χ2n) is 4.79. The van der Waals surface area contributed by atoms with Crippen LogP contribution in [0.4, 0.5) is 5.82 Å². The molecule has 2 aromatic rings. The molecule has 3 rings (SSSR count). The Hall–Kier alpha value is -2.47. The van der Waals surface area contributed by atoms with E-state index in [-0.39, 0.29) is 0 Å². The highest BCUT2D eigenvalue weighted by atomic mass is 16.5. The van der Waals surface area contributed by atoms with Gasteiger partial charge in [0, 0.05) is 18.3 Å². The summed E-state index contributed by atoms with van der Waals surface area (Å²) in [7, 11) is 0. The zero-order valence-electron chi connectivity index (χ0n) is 11.5. The standard InChI is InChI=1S/C15H16N4O2/c16-14(20)12-10-21-9-8-19(12)13-6-7-17-15(18-13)11-4-2-1-3-5-11/h1-7,12H,8-10H2,(H2,16,20). The van der Waals surface area contributed by atoms with E-state index in [1.807, 2.05) is 35.2 Å². The van der Waals surface area contributed by atoms with Crippen LogP contribution in [-0.4, -0.2) is 41.7 Å². The maximum atomic E-state index is 11.6. The number of aromatic nitrogens is 2. The number of morpholine rings is 1. The van der Waals surface area contributed by atoms with Gasteiger partial charge in [-0.3, -0.25) is 4.79 Å². The molecule has 0 radical (unpaired) electrons. The van der Waals surface area contributed by atoms with Gasteiger partial charge >= 0.3 is 0 Å². The van der Waals surface area contributed by atoms with E-state index in [1.165, 1.54) is 0 Å². The van der Waals surface area contributed by atoms with E-state index in [4.69, 9.17) is 10.5 Å². The van der Waals surface area contributed by atoms with Crippen molar-refractivity contribution in [1.29, 1.82) is 0 Å².